The first-order valence-corrected chi connectivity index (χ1v) is 7.59. The van der Waals surface area contributed by atoms with Crippen LogP contribution in [0, 0.1) is 5.41 Å². The molecule has 1 aliphatic heterocycles. The summed E-state index contributed by atoms with van der Waals surface area (Å²) in [5.41, 5.74) is -0.119. The maximum Gasteiger partial charge on any atom is 0.331 e. The number of aliphatic carboxylic acids is 2. The summed E-state index contributed by atoms with van der Waals surface area (Å²) in [6.45, 7) is 1.50. The number of para-hydroxylation sites is 1. The molecule has 1 amide bonds. The average molecular weight is 342 g/mol. The Morgan fingerprint density at radius 1 is 1.20 bits per heavy atom. The highest BCUT2D eigenvalue weighted by Crippen LogP contribution is 2.31. The Labute approximate surface area is 144 Å². The quantitative estimate of drug-likeness (QED) is 0.877. The second kappa shape index (κ2) is 7.57. The summed E-state index contributed by atoms with van der Waals surface area (Å²) in [5, 5.41) is 22.8. The lowest BCUT2D eigenvalue weighted by Crippen LogP contribution is -2.28. The molecule has 1 unspecified atom stereocenters. The van der Waals surface area contributed by atoms with Crippen LogP contribution in [0.5, 0.6) is 0 Å². The standard InChI is InChI=1S/C9H8N2O.C9H10O4/c12-9-6-7-10-11(9)8-4-2-1-3-5-8;1-9(8(12)13)4-2-3-6(5-9)7(10)11/h1-5,7H,6H2;2-4H,5H2,1H3,(H,10,11)(H,12,13). The molecule has 3 rings (SSSR count). The van der Waals surface area contributed by atoms with Crippen molar-refractivity contribution in [1.29, 1.82) is 0 Å². The van der Waals surface area contributed by atoms with Crippen LogP contribution in [-0.4, -0.2) is 34.3 Å². The first-order chi connectivity index (χ1) is 11.8. The summed E-state index contributed by atoms with van der Waals surface area (Å²) in [5.74, 6) is -2.03. The maximum atomic E-state index is 11.2. The summed E-state index contributed by atoms with van der Waals surface area (Å²) in [7, 11) is 0. The van der Waals surface area contributed by atoms with E-state index in [1.165, 1.54) is 30.2 Å². The van der Waals surface area contributed by atoms with E-state index in [-0.39, 0.29) is 17.9 Å². The summed E-state index contributed by atoms with van der Waals surface area (Å²) in [4.78, 5) is 32.5. The molecule has 2 aliphatic rings. The Hall–Kier alpha value is -3.22. The van der Waals surface area contributed by atoms with Crippen LogP contribution >= 0.6 is 0 Å². The molecule has 2 N–H and O–H groups in total. The number of amides is 1. The number of anilines is 1. The topological polar surface area (TPSA) is 107 Å². The van der Waals surface area contributed by atoms with Gasteiger partial charge >= 0.3 is 11.9 Å². The zero-order valence-electron chi connectivity index (χ0n) is 13.6. The van der Waals surface area contributed by atoms with Gasteiger partial charge in [-0.2, -0.15) is 5.10 Å². The van der Waals surface area contributed by atoms with Crippen LogP contribution in [0.4, 0.5) is 5.69 Å². The molecule has 0 fully saturated rings. The van der Waals surface area contributed by atoms with E-state index in [0.29, 0.717) is 6.42 Å². The summed E-state index contributed by atoms with van der Waals surface area (Å²) >= 11 is 0. The Bertz CT molecular complexity index is 767. The third kappa shape index (κ3) is 4.41. The van der Waals surface area contributed by atoms with E-state index in [1.54, 1.807) is 6.21 Å². The van der Waals surface area contributed by atoms with Crippen LogP contribution in [0.25, 0.3) is 0 Å². The number of hydrogen-bond donors (Lipinski definition) is 2. The fourth-order valence-corrected chi connectivity index (χ4v) is 2.32. The molecule has 1 aromatic carbocycles. The predicted octanol–water partition coefficient (Wildman–Crippen LogP) is 2.46. The van der Waals surface area contributed by atoms with E-state index >= 15 is 0 Å². The maximum absolute atomic E-state index is 11.2. The molecular weight excluding hydrogens is 324 g/mol. The van der Waals surface area contributed by atoms with E-state index in [0.717, 1.165) is 5.69 Å². The monoisotopic (exact) mass is 342 g/mol. The third-order valence-corrected chi connectivity index (χ3v) is 3.78. The average Bonchev–Trinajstić information content (AvgIpc) is 3.02. The molecule has 1 aliphatic carbocycles. The Kier molecular flexibility index (Phi) is 5.49. The molecule has 0 saturated heterocycles. The summed E-state index contributed by atoms with van der Waals surface area (Å²) in [6.07, 6.45) is 6.47. The second-order valence-electron chi connectivity index (χ2n) is 5.80. The number of benzene rings is 1. The highest BCUT2D eigenvalue weighted by molar-refractivity contribution is 6.05. The van der Waals surface area contributed by atoms with Gasteiger partial charge in [0.25, 0.3) is 5.91 Å². The molecule has 1 aromatic rings. The fraction of sp³-hybridized carbons (Fsp3) is 0.222. The number of hydrogen-bond acceptors (Lipinski definition) is 4. The fourth-order valence-electron chi connectivity index (χ4n) is 2.32. The molecule has 1 atom stereocenters. The van der Waals surface area contributed by atoms with Crippen molar-refractivity contribution in [3.05, 3.63) is 54.1 Å². The van der Waals surface area contributed by atoms with E-state index in [9.17, 15) is 14.4 Å². The lowest BCUT2D eigenvalue weighted by molar-refractivity contribution is -0.145. The molecule has 0 bridgehead atoms. The molecule has 0 radical (unpaired) electrons. The zero-order valence-corrected chi connectivity index (χ0v) is 13.6. The van der Waals surface area contributed by atoms with E-state index in [2.05, 4.69) is 5.10 Å². The second-order valence-corrected chi connectivity index (χ2v) is 5.80. The van der Waals surface area contributed by atoms with Gasteiger partial charge in [0.2, 0.25) is 0 Å². The normalized spacial score (nSPS) is 21.4. The van der Waals surface area contributed by atoms with Gasteiger partial charge < -0.3 is 10.2 Å². The van der Waals surface area contributed by atoms with Crippen molar-refractivity contribution in [2.45, 2.75) is 19.8 Å². The minimum absolute atomic E-state index is 0.0289. The van der Waals surface area contributed by atoms with E-state index < -0.39 is 17.4 Å². The van der Waals surface area contributed by atoms with Gasteiger partial charge in [0.05, 0.1) is 17.5 Å². The highest BCUT2D eigenvalue weighted by Gasteiger charge is 2.34. The first-order valence-electron chi connectivity index (χ1n) is 7.59. The SMILES string of the molecule is CC1(C(=O)O)C=CC=C(C(=O)O)C1.O=C1CC=NN1c1ccccc1. The lowest BCUT2D eigenvalue weighted by atomic mass is 9.80. The van der Waals surface area contributed by atoms with Gasteiger partial charge in [0, 0.05) is 11.8 Å². The number of carbonyl (C=O) groups excluding carboxylic acids is 1. The molecule has 25 heavy (non-hydrogen) atoms. The number of hydrazone groups is 1. The molecule has 1 heterocycles. The van der Waals surface area contributed by atoms with Crippen molar-refractivity contribution in [3.8, 4) is 0 Å². The lowest BCUT2D eigenvalue weighted by Gasteiger charge is -2.23. The molecule has 7 nitrogen and oxygen atoms in total. The predicted molar refractivity (Wildman–Crippen MR) is 92.3 cm³/mol. The van der Waals surface area contributed by atoms with Crippen LogP contribution in [0.3, 0.4) is 0 Å². The molecule has 0 spiro atoms. The number of carboxylic acid groups (broad SMARTS) is 2. The molecule has 0 aromatic heterocycles. The van der Waals surface area contributed by atoms with Crippen LogP contribution in [0.1, 0.15) is 19.8 Å². The minimum Gasteiger partial charge on any atom is -0.481 e. The van der Waals surface area contributed by atoms with Gasteiger partial charge in [0.15, 0.2) is 0 Å². The van der Waals surface area contributed by atoms with Crippen LogP contribution in [-0.2, 0) is 14.4 Å². The van der Waals surface area contributed by atoms with Crippen molar-refractivity contribution in [2.75, 3.05) is 5.01 Å². The van der Waals surface area contributed by atoms with Gasteiger partial charge in [-0.15, -0.1) is 0 Å². The van der Waals surface area contributed by atoms with Gasteiger partial charge in [0.1, 0.15) is 0 Å². The van der Waals surface area contributed by atoms with Crippen molar-refractivity contribution in [2.24, 2.45) is 10.5 Å². The van der Waals surface area contributed by atoms with Crippen molar-refractivity contribution in [3.63, 3.8) is 0 Å². The first kappa shape index (κ1) is 18.1. The molecule has 0 saturated carbocycles. The van der Waals surface area contributed by atoms with Crippen LogP contribution in [0.2, 0.25) is 0 Å². The minimum atomic E-state index is -1.08. The van der Waals surface area contributed by atoms with Crippen molar-refractivity contribution in [1.82, 2.24) is 0 Å². The molecular formula is C18H18N2O5. The zero-order chi connectivity index (χ0) is 18.4. The number of allylic oxidation sites excluding steroid dienone is 2. The van der Waals surface area contributed by atoms with Crippen LogP contribution < -0.4 is 5.01 Å². The largest absolute Gasteiger partial charge is 0.481 e. The van der Waals surface area contributed by atoms with Gasteiger partial charge in [-0.05, 0) is 25.5 Å². The summed E-state index contributed by atoms with van der Waals surface area (Å²) < 4.78 is 0. The number of carbonyl (C=O) groups is 3. The Morgan fingerprint density at radius 2 is 1.88 bits per heavy atom. The van der Waals surface area contributed by atoms with Crippen molar-refractivity contribution < 1.29 is 24.6 Å². The number of rotatable bonds is 3. The van der Waals surface area contributed by atoms with E-state index in [1.807, 2.05) is 30.3 Å². The molecule has 130 valence electrons. The number of nitrogens with zero attached hydrogens (tertiary/aromatic N) is 2. The summed E-state index contributed by atoms with van der Waals surface area (Å²) in [6, 6.07) is 9.40. The number of carboxylic acids is 2. The van der Waals surface area contributed by atoms with Gasteiger partial charge in [-0.25, -0.2) is 9.80 Å². The van der Waals surface area contributed by atoms with Gasteiger partial charge in [-0.1, -0.05) is 36.4 Å². The van der Waals surface area contributed by atoms with Gasteiger partial charge in [-0.3, -0.25) is 9.59 Å². The molecule has 7 heteroatoms. The smallest absolute Gasteiger partial charge is 0.331 e. The van der Waals surface area contributed by atoms with E-state index in [4.69, 9.17) is 10.2 Å². The highest BCUT2D eigenvalue weighted by atomic mass is 16.4. The third-order valence-electron chi connectivity index (χ3n) is 3.78. The Balaban J connectivity index is 0.000000181. The van der Waals surface area contributed by atoms with Crippen LogP contribution in [0.15, 0.2) is 59.2 Å². The van der Waals surface area contributed by atoms with Crippen molar-refractivity contribution >= 4 is 29.7 Å². The Morgan fingerprint density at radius 3 is 2.40 bits per heavy atom.